The number of nitrogens with zero attached hydrogens (tertiary/aromatic N) is 5. The first-order valence-corrected chi connectivity index (χ1v) is 6.05. The normalized spacial score (nSPS) is 21.9. The first-order chi connectivity index (χ1) is 8.75. The van der Waals surface area contributed by atoms with Crippen LogP contribution in [0.25, 0.3) is 5.82 Å². The van der Waals surface area contributed by atoms with Gasteiger partial charge in [0, 0.05) is 0 Å². The molecule has 0 radical (unpaired) electrons. The molecule has 6 nitrogen and oxygen atoms in total. The van der Waals surface area contributed by atoms with E-state index in [1.54, 1.807) is 11.0 Å². The summed E-state index contributed by atoms with van der Waals surface area (Å²) in [5.74, 6) is 2.80. The minimum absolute atomic E-state index is 0.634. The molecule has 18 heavy (non-hydrogen) atoms. The number of hydrogen-bond acceptors (Lipinski definition) is 5. The van der Waals surface area contributed by atoms with Gasteiger partial charge in [0.25, 0.3) is 0 Å². The van der Waals surface area contributed by atoms with E-state index in [0.29, 0.717) is 17.6 Å². The van der Waals surface area contributed by atoms with E-state index in [0.717, 1.165) is 18.1 Å². The summed E-state index contributed by atoms with van der Waals surface area (Å²) in [6.45, 7) is 4.90. The molecule has 2 aromatic heterocycles. The molecule has 0 N–H and O–H groups in total. The van der Waals surface area contributed by atoms with E-state index < -0.39 is 0 Å². The topological polar surface area (TPSA) is 65.7 Å². The fourth-order valence-corrected chi connectivity index (χ4v) is 1.94. The van der Waals surface area contributed by atoms with Crippen molar-refractivity contribution in [2.75, 3.05) is 6.61 Å². The first kappa shape index (κ1) is 11.1. The Morgan fingerprint density at radius 2 is 2.22 bits per heavy atom. The third-order valence-electron chi connectivity index (χ3n) is 3.36. The van der Waals surface area contributed by atoms with Crippen molar-refractivity contribution in [1.29, 1.82) is 0 Å². The van der Waals surface area contributed by atoms with Crippen molar-refractivity contribution in [3.05, 3.63) is 24.5 Å². The third-order valence-corrected chi connectivity index (χ3v) is 3.36. The highest BCUT2D eigenvalue weighted by atomic mass is 16.5. The summed E-state index contributed by atoms with van der Waals surface area (Å²) in [4.78, 5) is 12.3. The third kappa shape index (κ3) is 2.05. The van der Waals surface area contributed by atoms with E-state index in [-0.39, 0.29) is 0 Å². The van der Waals surface area contributed by atoms with Gasteiger partial charge in [-0.05, 0) is 25.2 Å². The molecule has 0 saturated heterocycles. The van der Waals surface area contributed by atoms with Crippen LogP contribution in [-0.2, 0) is 0 Å². The standard InChI is InChI=1S/C12H15N5O/c1-8-3-10(8)4-18-12-9(2)11(14-6-15-12)17-7-13-5-16-17/h5-8,10H,3-4H2,1-2H3. The van der Waals surface area contributed by atoms with Crippen LogP contribution in [-0.4, -0.2) is 31.3 Å². The van der Waals surface area contributed by atoms with Gasteiger partial charge in [0.1, 0.15) is 19.0 Å². The summed E-state index contributed by atoms with van der Waals surface area (Å²) in [6.07, 6.45) is 5.84. The van der Waals surface area contributed by atoms with Crippen molar-refractivity contribution >= 4 is 0 Å². The van der Waals surface area contributed by atoms with Crippen molar-refractivity contribution < 1.29 is 4.74 Å². The molecule has 1 aliphatic rings. The number of hydrogen-bond donors (Lipinski definition) is 0. The van der Waals surface area contributed by atoms with Crippen molar-refractivity contribution in [1.82, 2.24) is 24.7 Å². The summed E-state index contributed by atoms with van der Waals surface area (Å²) >= 11 is 0. The smallest absolute Gasteiger partial charge is 0.221 e. The maximum absolute atomic E-state index is 5.76. The van der Waals surface area contributed by atoms with Crippen LogP contribution >= 0.6 is 0 Å². The summed E-state index contributed by atoms with van der Waals surface area (Å²) in [6, 6.07) is 0. The van der Waals surface area contributed by atoms with Crippen LogP contribution in [0.4, 0.5) is 0 Å². The van der Waals surface area contributed by atoms with Crippen molar-refractivity contribution in [3.63, 3.8) is 0 Å². The zero-order chi connectivity index (χ0) is 12.5. The average Bonchev–Trinajstić information content (AvgIpc) is 2.87. The lowest BCUT2D eigenvalue weighted by Crippen LogP contribution is -2.08. The van der Waals surface area contributed by atoms with Crippen LogP contribution in [0.3, 0.4) is 0 Å². The van der Waals surface area contributed by atoms with Gasteiger partial charge in [-0.25, -0.2) is 19.6 Å². The summed E-state index contributed by atoms with van der Waals surface area (Å²) in [5.41, 5.74) is 0.885. The van der Waals surface area contributed by atoms with Gasteiger partial charge in [0.2, 0.25) is 5.88 Å². The van der Waals surface area contributed by atoms with Crippen LogP contribution < -0.4 is 4.74 Å². The monoisotopic (exact) mass is 245 g/mol. The highest BCUT2D eigenvalue weighted by Gasteiger charge is 2.33. The highest BCUT2D eigenvalue weighted by Crippen LogP contribution is 2.38. The SMILES string of the molecule is Cc1c(OCC2CC2C)ncnc1-n1cncn1. The molecule has 1 aliphatic carbocycles. The number of ether oxygens (including phenoxy) is 1. The zero-order valence-electron chi connectivity index (χ0n) is 10.4. The van der Waals surface area contributed by atoms with Gasteiger partial charge in [-0.2, -0.15) is 5.10 Å². The Kier molecular flexibility index (Phi) is 2.70. The number of aromatic nitrogens is 5. The Morgan fingerprint density at radius 1 is 1.39 bits per heavy atom. The van der Waals surface area contributed by atoms with Gasteiger partial charge in [-0.3, -0.25) is 0 Å². The van der Waals surface area contributed by atoms with Gasteiger partial charge in [-0.15, -0.1) is 0 Å². The maximum atomic E-state index is 5.76. The van der Waals surface area contributed by atoms with E-state index in [9.17, 15) is 0 Å². The second-order valence-electron chi connectivity index (χ2n) is 4.75. The summed E-state index contributed by atoms with van der Waals surface area (Å²) in [5, 5.41) is 4.07. The molecule has 0 amide bonds. The predicted octanol–water partition coefficient (Wildman–Crippen LogP) is 1.40. The Labute approximate surface area is 105 Å². The molecule has 2 unspecified atom stereocenters. The fourth-order valence-electron chi connectivity index (χ4n) is 1.94. The molecular weight excluding hydrogens is 230 g/mol. The Morgan fingerprint density at radius 3 is 2.89 bits per heavy atom. The van der Waals surface area contributed by atoms with Crippen LogP contribution in [0, 0.1) is 18.8 Å². The Bertz CT molecular complexity index is 539. The van der Waals surface area contributed by atoms with Crippen molar-refractivity contribution in [3.8, 4) is 11.7 Å². The van der Waals surface area contributed by atoms with Crippen LogP contribution in [0.2, 0.25) is 0 Å². The number of rotatable bonds is 4. The Balaban J connectivity index is 1.80. The van der Waals surface area contributed by atoms with Gasteiger partial charge < -0.3 is 4.74 Å². The molecule has 0 aliphatic heterocycles. The molecule has 1 saturated carbocycles. The largest absolute Gasteiger partial charge is 0.477 e. The molecule has 94 valence electrons. The first-order valence-electron chi connectivity index (χ1n) is 6.05. The zero-order valence-corrected chi connectivity index (χ0v) is 10.4. The van der Waals surface area contributed by atoms with E-state index in [2.05, 4.69) is 27.0 Å². The lowest BCUT2D eigenvalue weighted by Gasteiger charge is -2.09. The Hall–Kier alpha value is -1.98. The van der Waals surface area contributed by atoms with Gasteiger partial charge >= 0.3 is 0 Å². The molecule has 0 aromatic carbocycles. The molecule has 2 heterocycles. The highest BCUT2D eigenvalue weighted by molar-refractivity contribution is 5.37. The minimum Gasteiger partial charge on any atom is -0.477 e. The quantitative estimate of drug-likeness (QED) is 0.814. The van der Waals surface area contributed by atoms with Gasteiger partial charge in [0.05, 0.1) is 12.2 Å². The van der Waals surface area contributed by atoms with E-state index in [4.69, 9.17) is 4.74 Å². The van der Waals surface area contributed by atoms with E-state index in [1.807, 2.05) is 6.92 Å². The van der Waals surface area contributed by atoms with Gasteiger partial charge in [-0.1, -0.05) is 6.92 Å². The summed E-state index contributed by atoms with van der Waals surface area (Å²) < 4.78 is 7.37. The maximum Gasteiger partial charge on any atom is 0.221 e. The molecule has 3 rings (SSSR count). The average molecular weight is 245 g/mol. The molecule has 2 atom stereocenters. The molecular formula is C12H15N5O. The van der Waals surface area contributed by atoms with E-state index >= 15 is 0 Å². The van der Waals surface area contributed by atoms with Gasteiger partial charge in [0.15, 0.2) is 5.82 Å². The minimum atomic E-state index is 0.634. The van der Waals surface area contributed by atoms with Crippen molar-refractivity contribution in [2.45, 2.75) is 20.3 Å². The predicted molar refractivity (Wildman–Crippen MR) is 64.5 cm³/mol. The molecule has 0 bridgehead atoms. The molecule has 2 aromatic rings. The van der Waals surface area contributed by atoms with E-state index in [1.165, 1.54) is 19.1 Å². The lowest BCUT2D eigenvalue weighted by atomic mass is 10.3. The lowest BCUT2D eigenvalue weighted by molar-refractivity contribution is 0.279. The van der Waals surface area contributed by atoms with Crippen LogP contribution in [0.15, 0.2) is 19.0 Å². The van der Waals surface area contributed by atoms with Crippen molar-refractivity contribution in [2.24, 2.45) is 11.8 Å². The second-order valence-corrected chi connectivity index (χ2v) is 4.75. The second kappa shape index (κ2) is 4.36. The molecule has 6 heteroatoms. The summed E-state index contributed by atoms with van der Waals surface area (Å²) in [7, 11) is 0. The molecule has 0 spiro atoms. The molecule has 1 fully saturated rings. The fraction of sp³-hybridized carbons (Fsp3) is 0.500. The van der Waals surface area contributed by atoms with Crippen LogP contribution in [0.5, 0.6) is 5.88 Å². The van der Waals surface area contributed by atoms with Crippen LogP contribution in [0.1, 0.15) is 18.9 Å².